The van der Waals surface area contributed by atoms with Crippen molar-refractivity contribution in [3.63, 3.8) is 0 Å². The predicted molar refractivity (Wildman–Crippen MR) is 197 cm³/mol. The lowest BCUT2D eigenvalue weighted by Gasteiger charge is -2.52. The number of carbonyl (C=O) groups is 3. The number of halogens is 1. The van der Waals surface area contributed by atoms with Gasteiger partial charge in [0.25, 0.3) is 5.91 Å². The van der Waals surface area contributed by atoms with E-state index in [0.29, 0.717) is 82.8 Å². The molecule has 2 aromatic rings. The fraction of sp³-hybridized carbons (Fsp3) is 0.615. The summed E-state index contributed by atoms with van der Waals surface area (Å²) in [6, 6.07) is 13.3. The van der Waals surface area contributed by atoms with E-state index in [0.717, 1.165) is 30.5 Å². The summed E-state index contributed by atoms with van der Waals surface area (Å²) < 4.78 is 11.1. The number of methoxy groups -OCH3 is 1. The van der Waals surface area contributed by atoms with Crippen LogP contribution in [0.3, 0.4) is 0 Å². The number of ether oxygens (including phenoxy) is 2. The van der Waals surface area contributed by atoms with Crippen molar-refractivity contribution in [2.24, 2.45) is 11.3 Å². The van der Waals surface area contributed by atoms with Gasteiger partial charge in [0.1, 0.15) is 17.3 Å². The highest BCUT2D eigenvalue weighted by Gasteiger charge is 2.55. The molecule has 3 fully saturated rings. The molecule has 3 N–H and O–H groups in total. The lowest BCUT2D eigenvalue weighted by molar-refractivity contribution is -0.166. The van der Waals surface area contributed by atoms with E-state index in [1.165, 1.54) is 5.56 Å². The topological polar surface area (TPSA) is 120 Å². The summed E-state index contributed by atoms with van der Waals surface area (Å²) in [5.74, 6) is 0.254. The van der Waals surface area contributed by atoms with E-state index in [4.69, 9.17) is 9.47 Å². The van der Waals surface area contributed by atoms with Gasteiger partial charge in [0.2, 0.25) is 11.8 Å². The summed E-state index contributed by atoms with van der Waals surface area (Å²) in [5.41, 5.74) is 3.05. The number of piperazine rings is 1. The number of likely N-dealkylation sites (tertiary alicyclic amines) is 1. The van der Waals surface area contributed by atoms with E-state index in [-0.39, 0.29) is 41.5 Å². The molecule has 3 heterocycles. The van der Waals surface area contributed by atoms with Crippen LogP contribution in [0.1, 0.15) is 93.3 Å². The van der Waals surface area contributed by atoms with Crippen molar-refractivity contribution in [2.75, 3.05) is 46.5 Å². The van der Waals surface area contributed by atoms with Crippen molar-refractivity contribution < 1.29 is 29.0 Å². The van der Waals surface area contributed by atoms with Crippen LogP contribution in [0.25, 0.3) is 0 Å². The van der Waals surface area contributed by atoms with E-state index in [9.17, 15) is 19.5 Å². The minimum atomic E-state index is -0.907. The number of nitrogens with one attached hydrogen (secondary N) is 2. The zero-order valence-corrected chi connectivity index (χ0v) is 31.3. The zero-order valence-electron chi connectivity index (χ0n) is 30.5. The van der Waals surface area contributed by atoms with Crippen molar-refractivity contribution in [3.8, 4) is 5.75 Å². The Balaban J connectivity index is 0.00000562. The molecule has 2 aromatic carbocycles. The van der Waals surface area contributed by atoms with Gasteiger partial charge in [-0.3, -0.25) is 19.3 Å². The van der Waals surface area contributed by atoms with E-state index in [1.54, 1.807) is 7.11 Å². The van der Waals surface area contributed by atoms with Crippen LogP contribution in [0.4, 0.5) is 0 Å². The number of carbonyl (C=O) groups excluding carboxylic acids is 3. The number of hydrogen-bond donors (Lipinski definition) is 3. The van der Waals surface area contributed by atoms with E-state index >= 15 is 0 Å². The summed E-state index contributed by atoms with van der Waals surface area (Å²) in [4.78, 5) is 44.6. The van der Waals surface area contributed by atoms with E-state index in [2.05, 4.69) is 67.5 Å². The second kappa shape index (κ2) is 17.4. The zero-order chi connectivity index (χ0) is 35.2. The Morgan fingerprint density at radius 3 is 2.36 bits per heavy atom. The van der Waals surface area contributed by atoms with Gasteiger partial charge < -0.3 is 30.1 Å². The van der Waals surface area contributed by atoms with Crippen molar-refractivity contribution in [1.82, 2.24) is 20.4 Å². The number of piperidine rings is 1. The summed E-state index contributed by atoms with van der Waals surface area (Å²) in [6.07, 6.45) is 4.03. The molecule has 11 heteroatoms. The number of rotatable bonds is 12. The summed E-state index contributed by atoms with van der Waals surface area (Å²) in [6.45, 7) is 12.8. The van der Waals surface area contributed by atoms with Crippen LogP contribution in [0, 0.1) is 11.3 Å². The molecule has 0 radical (unpaired) electrons. The maximum absolute atomic E-state index is 13.9. The predicted octanol–water partition coefficient (Wildman–Crippen LogP) is 4.73. The van der Waals surface area contributed by atoms with Crippen molar-refractivity contribution in [3.05, 3.63) is 64.7 Å². The normalized spacial score (nSPS) is 20.6. The first-order valence-corrected chi connectivity index (χ1v) is 18.1. The van der Waals surface area contributed by atoms with Gasteiger partial charge >= 0.3 is 0 Å². The third kappa shape index (κ3) is 9.37. The highest BCUT2D eigenvalue weighted by atomic mass is 35.5. The largest absolute Gasteiger partial charge is 0.496 e. The van der Waals surface area contributed by atoms with Gasteiger partial charge in [-0.2, -0.15) is 0 Å². The first-order valence-electron chi connectivity index (χ1n) is 18.1. The second-order valence-corrected chi connectivity index (χ2v) is 15.3. The maximum Gasteiger partial charge on any atom is 0.251 e. The monoisotopic (exact) mass is 712 g/mol. The van der Waals surface area contributed by atoms with Gasteiger partial charge in [0.05, 0.1) is 13.2 Å². The molecule has 3 amide bonds. The smallest absolute Gasteiger partial charge is 0.251 e. The molecule has 10 nitrogen and oxygen atoms in total. The number of unbranched alkanes of at least 4 members (excludes halogenated alkanes) is 1. The Hall–Kier alpha value is -3.18. The first kappa shape index (κ1) is 39.6. The Morgan fingerprint density at radius 1 is 1.08 bits per heavy atom. The van der Waals surface area contributed by atoms with Gasteiger partial charge in [0.15, 0.2) is 0 Å². The van der Waals surface area contributed by atoms with Gasteiger partial charge in [-0.15, -0.1) is 12.4 Å². The molecular weight excluding hydrogens is 656 g/mol. The minimum absolute atomic E-state index is 0. The highest BCUT2D eigenvalue weighted by molar-refractivity contribution is 6.00. The van der Waals surface area contributed by atoms with Crippen LogP contribution in [0.15, 0.2) is 42.5 Å². The van der Waals surface area contributed by atoms with Gasteiger partial charge in [-0.1, -0.05) is 64.4 Å². The Morgan fingerprint density at radius 2 is 1.74 bits per heavy atom. The lowest BCUT2D eigenvalue weighted by Crippen LogP contribution is -2.75. The number of benzene rings is 2. The van der Waals surface area contributed by atoms with Gasteiger partial charge in [-0.25, -0.2) is 0 Å². The molecule has 3 saturated heterocycles. The fourth-order valence-corrected chi connectivity index (χ4v) is 7.34. The van der Waals surface area contributed by atoms with Crippen molar-refractivity contribution >= 4 is 30.1 Å². The van der Waals surface area contributed by atoms with Crippen molar-refractivity contribution in [1.29, 1.82) is 0 Å². The molecule has 0 bridgehead atoms. The highest BCUT2D eigenvalue weighted by Crippen LogP contribution is 2.36. The average Bonchev–Trinajstić information content (AvgIpc) is 3.10. The molecule has 0 saturated carbocycles. The third-order valence-corrected chi connectivity index (χ3v) is 10.4. The SMILES string of the molecule is CCCCN1C(=O)[C@@H]([C@H](O)C2CCOCC2)NC(=O)C12CCN(Cc1ccc(Cc3ccc(C(=O)NCC(C)(C)C)cc3OC)cc1)CC2.Cl. The van der Waals surface area contributed by atoms with Crippen LogP contribution < -0.4 is 15.4 Å². The van der Waals surface area contributed by atoms with E-state index in [1.807, 2.05) is 23.1 Å². The third-order valence-electron chi connectivity index (χ3n) is 10.4. The molecule has 0 unspecified atom stereocenters. The lowest BCUT2D eigenvalue weighted by atomic mass is 9.79. The van der Waals surface area contributed by atoms with Gasteiger partial charge in [0, 0.05) is 57.9 Å². The fourth-order valence-electron chi connectivity index (χ4n) is 7.34. The molecule has 5 rings (SSSR count). The maximum atomic E-state index is 13.9. The number of aliphatic hydroxyl groups is 1. The molecule has 2 atom stereocenters. The van der Waals surface area contributed by atoms with Crippen LogP contribution >= 0.6 is 12.4 Å². The quantitative estimate of drug-likeness (QED) is 0.291. The Labute approximate surface area is 304 Å². The molecule has 276 valence electrons. The van der Waals surface area contributed by atoms with Crippen LogP contribution in [-0.2, 0) is 27.3 Å². The molecule has 3 aliphatic rings. The number of amides is 3. The molecular formula is C39H57ClN4O6. The molecule has 1 spiro atoms. The van der Waals surface area contributed by atoms with E-state index < -0.39 is 17.7 Å². The van der Waals surface area contributed by atoms with Crippen molar-refractivity contribution in [2.45, 2.75) is 96.9 Å². The molecule has 0 aliphatic carbocycles. The summed E-state index contributed by atoms with van der Waals surface area (Å²) in [7, 11) is 1.63. The second-order valence-electron chi connectivity index (χ2n) is 15.3. The average molecular weight is 713 g/mol. The number of aliphatic hydroxyl groups excluding tert-OH is 1. The first-order chi connectivity index (χ1) is 23.4. The van der Waals surface area contributed by atoms with Gasteiger partial charge in [-0.05, 0) is 72.3 Å². The molecule has 3 aliphatic heterocycles. The summed E-state index contributed by atoms with van der Waals surface area (Å²) >= 11 is 0. The number of hydrogen-bond acceptors (Lipinski definition) is 7. The summed E-state index contributed by atoms with van der Waals surface area (Å²) in [5, 5.41) is 17.2. The Kier molecular flexibility index (Phi) is 13.7. The molecule has 0 aromatic heterocycles. The standard InChI is InChI=1S/C39H56N4O6.ClH/c1-6-7-18-43-36(46)33(34(44)29-14-21-49-22-15-29)41-37(47)39(43)16-19-42(20-17-39)25-28-10-8-27(9-11-28)23-30-12-13-31(24-32(30)48-5)35(45)40-26-38(2,3)4;/h8-13,24,29,33-34,44H,6-7,14-23,25-26H2,1-5H3,(H,40,45)(H,41,47);1H/t33-,34-;/m1./s1. The minimum Gasteiger partial charge on any atom is -0.496 e. The molecule has 50 heavy (non-hydrogen) atoms. The Bertz CT molecular complexity index is 1450. The number of nitrogens with zero attached hydrogens (tertiary/aromatic N) is 2. The van der Waals surface area contributed by atoms with Crippen LogP contribution in [0.2, 0.25) is 0 Å². The van der Waals surface area contributed by atoms with Crippen LogP contribution in [0.5, 0.6) is 5.75 Å². The van der Waals surface area contributed by atoms with Crippen LogP contribution in [-0.4, -0.2) is 96.8 Å².